The van der Waals surface area contributed by atoms with Crippen LogP contribution in [0.25, 0.3) is 0 Å². The fraction of sp³-hybridized carbons (Fsp3) is 0.400. The van der Waals surface area contributed by atoms with Crippen LogP contribution in [0.3, 0.4) is 0 Å². The first-order chi connectivity index (χ1) is 14.3. The van der Waals surface area contributed by atoms with E-state index in [-0.39, 0.29) is 0 Å². The summed E-state index contributed by atoms with van der Waals surface area (Å²) in [6.45, 7) is 13.9. The number of benzene rings is 2. The Kier molecular flexibility index (Phi) is 13.0. The molecule has 0 N–H and O–H groups in total. The maximum Gasteiger partial charge on any atom is 0.169 e. The Morgan fingerprint density at radius 3 is 1.86 bits per heavy atom. The van der Waals surface area contributed by atoms with Crippen LogP contribution < -0.4 is 0 Å². The number of aliphatic imine (C=N–C) groups is 2. The predicted molar refractivity (Wildman–Crippen MR) is 127 cm³/mol. The van der Waals surface area contributed by atoms with E-state index in [2.05, 4.69) is 63.0 Å². The van der Waals surface area contributed by atoms with Crippen LogP contribution in [0.15, 0.2) is 76.8 Å². The third kappa shape index (κ3) is 9.49. The van der Waals surface area contributed by atoms with E-state index in [1.807, 2.05) is 58.0 Å². The third-order valence-electron chi connectivity index (χ3n) is 4.29. The summed E-state index contributed by atoms with van der Waals surface area (Å²) in [7, 11) is 2.19. The molecule has 29 heavy (non-hydrogen) atoms. The Labute approximate surface area is 177 Å². The first kappa shape index (κ1) is 24.5. The van der Waals surface area contributed by atoms with Crippen LogP contribution in [-0.4, -0.2) is 54.7 Å². The average molecular weight is 393 g/mol. The number of hydrogen-bond donors (Lipinski definition) is 0. The summed E-state index contributed by atoms with van der Waals surface area (Å²) in [5, 5.41) is 0. The van der Waals surface area contributed by atoms with Crippen molar-refractivity contribution in [3.8, 4) is 0 Å². The SMILES string of the molecule is C1=CN=C(c2ccccc2)N=1.CC.CC.CN1CCN(Cc2ccccc2)CC1. The lowest BCUT2D eigenvalue weighted by molar-refractivity contribution is 0.148. The van der Waals surface area contributed by atoms with Crippen molar-refractivity contribution in [3.63, 3.8) is 0 Å². The molecule has 0 radical (unpaired) electrons. The number of amidine groups is 1. The smallest absolute Gasteiger partial charge is 0.169 e. The minimum absolute atomic E-state index is 0.741. The monoisotopic (exact) mass is 392 g/mol. The van der Waals surface area contributed by atoms with E-state index in [9.17, 15) is 0 Å². The summed E-state index contributed by atoms with van der Waals surface area (Å²) in [5.41, 5.74) is 2.46. The average Bonchev–Trinajstić information content (AvgIpc) is 3.35. The third-order valence-corrected chi connectivity index (χ3v) is 4.29. The van der Waals surface area contributed by atoms with Crippen molar-refractivity contribution in [1.82, 2.24) is 9.80 Å². The van der Waals surface area contributed by atoms with Gasteiger partial charge in [0.25, 0.3) is 0 Å². The van der Waals surface area contributed by atoms with Gasteiger partial charge in [-0.2, -0.15) is 4.99 Å². The van der Waals surface area contributed by atoms with E-state index < -0.39 is 0 Å². The Bertz CT molecular complexity index is 739. The highest BCUT2D eigenvalue weighted by atomic mass is 15.2. The van der Waals surface area contributed by atoms with Gasteiger partial charge in [-0.05, 0) is 12.6 Å². The molecule has 0 aromatic heterocycles. The van der Waals surface area contributed by atoms with Gasteiger partial charge >= 0.3 is 0 Å². The van der Waals surface area contributed by atoms with E-state index in [1.54, 1.807) is 6.20 Å². The zero-order valence-electron chi connectivity index (χ0n) is 18.7. The molecule has 0 bridgehead atoms. The quantitative estimate of drug-likeness (QED) is 0.726. The molecule has 4 rings (SSSR count). The topological polar surface area (TPSA) is 31.2 Å². The van der Waals surface area contributed by atoms with Crippen molar-refractivity contribution >= 4 is 11.7 Å². The van der Waals surface area contributed by atoms with E-state index in [1.165, 1.54) is 31.7 Å². The van der Waals surface area contributed by atoms with Crippen LogP contribution in [0.5, 0.6) is 0 Å². The molecular formula is C25H36N4. The van der Waals surface area contributed by atoms with Gasteiger partial charge in [-0.1, -0.05) is 88.4 Å². The van der Waals surface area contributed by atoms with Crippen LogP contribution in [0, 0.1) is 0 Å². The summed E-state index contributed by atoms with van der Waals surface area (Å²) >= 11 is 0. The zero-order chi connectivity index (χ0) is 21.3. The van der Waals surface area contributed by atoms with Crippen LogP contribution >= 0.6 is 0 Å². The highest BCUT2D eigenvalue weighted by Crippen LogP contribution is 2.07. The largest absolute Gasteiger partial charge is 0.304 e. The van der Waals surface area contributed by atoms with E-state index >= 15 is 0 Å². The Hall–Kier alpha value is -2.52. The maximum absolute atomic E-state index is 4.02. The minimum atomic E-state index is 0.741. The van der Waals surface area contributed by atoms with Gasteiger partial charge in [0, 0.05) is 44.2 Å². The number of likely N-dealkylation sites (N-methyl/N-ethyl adjacent to an activating group) is 1. The maximum atomic E-state index is 4.02. The second kappa shape index (κ2) is 15.4. The Morgan fingerprint density at radius 1 is 0.793 bits per heavy atom. The number of piperazine rings is 1. The molecule has 0 saturated carbocycles. The van der Waals surface area contributed by atoms with Gasteiger partial charge in [0.2, 0.25) is 0 Å². The van der Waals surface area contributed by atoms with Gasteiger partial charge in [0.15, 0.2) is 5.84 Å². The molecule has 1 saturated heterocycles. The summed E-state index contributed by atoms with van der Waals surface area (Å²) < 4.78 is 0. The van der Waals surface area contributed by atoms with Crippen molar-refractivity contribution in [3.05, 3.63) is 78.0 Å². The first-order valence-corrected chi connectivity index (χ1v) is 10.7. The lowest BCUT2D eigenvalue weighted by atomic mass is 10.2. The highest BCUT2D eigenvalue weighted by molar-refractivity contribution is 6.05. The molecule has 0 spiro atoms. The first-order valence-electron chi connectivity index (χ1n) is 10.7. The van der Waals surface area contributed by atoms with Gasteiger partial charge in [0.1, 0.15) is 0 Å². The lowest BCUT2D eigenvalue weighted by Crippen LogP contribution is -2.43. The standard InChI is InChI=1S/C12H18N2.C9H6N2.2C2H6/c1-13-7-9-14(10-8-13)11-12-5-3-2-4-6-12;1-2-4-8(5-3-1)9-10-6-7-11-9;2*1-2/h2-6H,7-11H2,1H3;1-6H;2*1-2H3. The molecule has 4 nitrogen and oxygen atoms in total. The zero-order valence-corrected chi connectivity index (χ0v) is 18.7. The summed E-state index contributed by atoms with van der Waals surface area (Å²) in [5.74, 6) is 3.41. The molecule has 0 unspecified atom stereocenters. The Morgan fingerprint density at radius 2 is 1.34 bits per heavy atom. The van der Waals surface area contributed by atoms with Crippen molar-refractivity contribution in [2.24, 2.45) is 9.98 Å². The van der Waals surface area contributed by atoms with Gasteiger partial charge in [-0.3, -0.25) is 4.90 Å². The summed E-state index contributed by atoms with van der Waals surface area (Å²) in [4.78, 5) is 12.9. The fourth-order valence-corrected chi connectivity index (χ4v) is 2.78. The number of rotatable bonds is 3. The molecule has 2 aromatic rings. The predicted octanol–water partition coefficient (Wildman–Crippen LogP) is 5.12. The second-order valence-corrected chi connectivity index (χ2v) is 6.25. The molecule has 2 aliphatic rings. The number of hydrogen-bond acceptors (Lipinski definition) is 4. The number of nitrogens with zero attached hydrogens (tertiary/aromatic N) is 4. The lowest BCUT2D eigenvalue weighted by Gasteiger charge is -2.32. The summed E-state index contributed by atoms with van der Waals surface area (Å²) in [6.07, 6.45) is 1.57. The Balaban J connectivity index is 0.000000252. The molecule has 4 heteroatoms. The molecule has 2 heterocycles. The molecule has 0 atom stereocenters. The fourth-order valence-electron chi connectivity index (χ4n) is 2.78. The van der Waals surface area contributed by atoms with E-state index in [0.29, 0.717) is 0 Å². The van der Waals surface area contributed by atoms with E-state index in [0.717, 1.165) is 17.9 Å². The van der Waals surface area contributed by atoms with Gasteiger partial charge in [-0.25, -0.2) is 4.99 Å². The van der Waals surface area contributed by atoms with Crippen LogP contribution in [0.1, 0.15) is 38.8 Å². The van der Waals surface area contributed by atoms with Crippen molar-refractivity contribution in [2.45, 2.75) is 34.2 Å². The minimum Gasteiger partial charge on any atom is -0.304 e. The van der Waals surface area contributed by atoms with Crippen molar-refractivity contribution in [2.75, 3.05) is 33.2 Å². The van der Waals surface area contributed by atoms with Crippen LogP contribution in [0.4, 0.5) is 0 Å². The van der Waals surface area contributed by atoms with Crippen molar-refractivity contribution < 1.29 is 0 Å². The normalized spacial score (nSPS) is 15.1. The van der Waals surface area contributed by atoms with Crippen LogP contribution in [0.2, 0.25) is 0 Å². The second-order valence-electron chi connectivity index (χ2n) is 6.25. The van der Waals surface area contributed by atoms with Crippen LogP contribution in [-0.2, 0) is 6.54 Å². The van der Waals surface area contributed by atoms with Crippen molar-refractivity contribution in [1.29, 1.82) is 0 Å². The summed E-state index contributed by atoms with van der Waals surface area (Å²) in [6, 6.07) is 20.6. The highest BCUT2D eigenvalue weighted by Gasteiger charge is 2.13. The molecular weight excluding hydrogens is 356 g/mol. The van der Waals surface area contributed by atoms with E-state index in [4.69, 9.17) is 0 Å². The van der Waals surface area contributed by atoms with Gasteiger partial charge in [-0.15, -0.1) is 0 Å². The molecule has 156 valence electrons. The molecule has 1 fully saturated rings. The van der Waals surface area contributed by atoms with Gasteiger partial charge < -0.3 is 4.90 Å². The molecule has 2 aliphatic heterocycles. The molecule has 0 aliphatic carbocycles. The molecule has 0 amide bonds. The van der Waals surface area contributed by atoms with Gasteiger partial charge in [0.05, 0.1) is 6.20 Å². The molecule has 2 aromatic carbocycles.